The summed E-state index contributed by atoms with van der Waals surface area (Å²) < 4.78 is 11.0. The molecule has 0 radical (unpaired) electrons. The fourth-order valence-corrected chi connectivity index (χ4v) is 2.70. The third-order valence-corrected chi connectivity index (χ3v) is 4.30. The lowest BCUT2D eigenvalue weighted by atomic mass is 9.90. The summed E-state index contributed by atoms with van der Waals surface area (Å²) in [4.78, 5) is 10.9. The Morgan fingerprint density at radius 1 is 1.30 bits per heavy atom. The first-order chi connectivity index (χ1) is 9.51. The molecule has 4 nitrogen and oxygen atoms in total. The van der Waals surface area contributed by atoms with Crippen LogP contribution in [0.5, 0.6) is 5.75 Å². The van der Waals surface area contributed by atoms with Crippen LogP contribution < -0.4 is 4.74 Å². The lowest BCUT2D eigenvalue weighted by Gasteiger charge is -2.37. The van der Waals surface area contributed by atoms with E-state index in [4.69, 9.17) is 14.6 Å². The quantitative estimate of drug-likeness (QED) is 0.867. The van der Waals surface area contributed by atoms with E-state index in [1.54, 1.807) is 0 Å². The van der Waals surface area contributed by atoms with E-state index < -0.39 is 5.97 Å². The van der Waals surface area contributed by atoms with Crippen LogP contribution in [0.2, 0.25) is 0 Å². The number of carboxylic acids is 1. The first kappa shape index (κ1) is 13.4. The number of carboxylic acid groups (broad SMARTS) is 1. The second-order valence-electron chi connectivity index (χ2n) is 6.47. The molecule has 20 heavy (non-hydrogen) atoms. The summed E-state index contributed by atoms with van der Waals surface area (Å²) >= 11 is 0. The number of hydrogen-bond acceptors (Lipinski definition) is 3. The van der Waals surface area contributed by atoms with Crippen molar-refractivity contribution in [1.82, 2.24) is 0 Å². The molecule has 2 fully saturated rings. The molecule has 2 aliphatic rings. The molecular formula is C16H20O4. The van der Waals surface area contributed by atoms with Gasteiger partial charge in [-0.3, -0.25) is 4.79 Å². The summed E-state index contributed by atoms with van der Waals surface area (Å²) in [7, 11) is 0. The van der Waals surface area contributed by atoms with Gasteiger partial charge in [-0.15, -0.1) is 0 Å². The number of benzene rings is 1. The minimum Gasteiger partial charge on any atom is -0.493 e. The molecule has 4 heteroatoms. The van der Waals surface area contributed by atoms with Crippen LogP contribution in [0.15, 0.2) is 24.3 Å². The SMILES string of the molecule is CC1(COc2ccc(C3(CC(=O)O)CC3)cc2)COC1. The Hall–Kier alpha value is -1.55. The van der Waals surface area contributed by atoms with Gasteiger partial charge in [-0.05, 0) is 30.5 Å². The largest absolute Gasteiger partial charge is 0.493 e. The fraction of sp³-hybridized carbons (Fsp3) is 0.562. The molecule has 1 aromatic rings. The molecule has 0 bridgehead atoms. The van der Waals surface area contributed by atoms with Gasteiger partial charge in [0.2, 0.25) is 0 Å². The molecular weight excluding hydrogens is 256 g/mol. The van der Waals surface area contributed by atoms with Gasteiger partial charge in [0.05, 0.1) is 26.2 Å². The average Bonchev–Trinajstić information content (AvgIpc) is 3.15. The molecule has 1 aromatic carbocycles. The van der Waals surface area contributed by atoms with Gasteiger partial charge in [-0.2, -0.15) is 0 Å². The number of ether oxygens (including phenoxy) is 2. The highest BCUT2D eigenvalue weighted by molar-refractivity contribution is 5.70. The van der Waals surface area contributed by atoms with Crippen LogP contribution in [0.25, 0.3) is 0 Å². The van der Waals surface area contributed by atoms with Crippen molar-refractivity contribution >= 4 is 5.97 Å². The number of carbonyl (C=O) groups is 1. The molecule has 1 N–H and O–H groups in total. The van der Waals surface area contributed by atoms with E-state index >= 15 is 0 Å². The molecule has 0 amide bonds. The Kier molecular flexibility index (Phi) is 3.21. The molecule has 0 spiro atoms. The van der Waals surface area contributed by atoms with Gasteiger partial charge in [-0.1, -0.05) is 19.1 Å². The number of aliphatic carboxylic acids is 1. The number of rotatable bonds is 6. The molecule has 0 atom stereocenters. The summed E-state index contributed by atoms with van der Waals surface area (Å²) in [6.07, 6.45) is 2.16. The summed E-state index contributed by atoms with van der Waals surface area (Å²) in [5.41, 5.74) is 1.13. The van der Waals surface area contributed by atoms with Gasteiger partial charge in [0.25, 0.3) is 0 Å². The third-order valence-electron chi connectivity index (χ3n) is 4.30. The van der Waals surface area contributed by atoms with Crippen molar-refractivity contribution in [2.75, 3.05) is 19.8 Å². The van der Waals surface area contributed by atoms with Crippen molar-refractivity contribution in [2.24, 2.45) is 5.41 Å². The summed E-state index contributed by atoms with van der Waals surface area (Å²) in [6.45, 7) is 4.32. The monoisotopic (exact) mass is 276 g/mol. The summed E-state index contributed by atoms with van der Waals surface area (Å²) in [6, 6.07) is 7.90. The highest BCUT2D eigenvalue weighted by Gasteiger charge is 2.45. The molecule has 1 saturated carbocycles. The van der Waals surface area contributed by atoms with Gasteiger partial charge in [0.15, 0.2) is 0 Å². The van der Waals surface area contributed by atoms with Gasteiger partial charge < -0.3 is 14.6 Å². The van der Waals surface area contributed by atoms with Crippen molar-refractivity contribution in [3.8, 4) is 5.75 Å². The Morgan fingerprint density at radius 3 is 2.40 bits per heavy atom. The van der Waals surface area contributed by atoms with E-state index in [0.29, 0.717) is 6.61 Å². The van der Waals surface area contributed by atoms with Crippen LogP contribution in [-0.4, -0.2) is 30.9 Å². The average molecular weight is 276 g/mol. The Labute approximate surface area is 118 Å². The summed E-state index contributed by atoms with van der Waals surface area (Å²) in [5.74, 6) is 0.119. The second kappa shape index (κ2) is 4.77. The molecule has 3 rings (SSSR count). The van der Waals surface area contributed by atoms with Crippen LogP contribution in [0.1, 0.15) is 31.7 Å². The molecule has 1 saturated heterocycles. The molecule has 1 aliphatic heterocycles. The normalized spacial score (nSPS) is 21.9. The first-order valence-electron chi connectivity index (χ1n) is 7.04. The topological polar surface area (TPSA) is 55.8 Å². The van der Waals surface area contributed by atoms with E-state index in [1.165, 1.54) is 0 Å². The van der Waals surface area contributed by atoms with Crippen molar-refractivity contribution in [1.29, 1.82) is 0 Å². The van der Waals surface area contributed by atoms with E-state index in [0.717, 1.165) is 37.4 Å². The maximum absolute atomic E-state index is 10.9. The fourth-order valence-electron chi connectivity index (χ4n) is 2.70. The van der Waals surface area contributed by atoms with Crippen molar-refractivity contribution in [2.45, 2.75) is 31.6 Å². The Morgan fingerprint density at radius 2 is 1.95 bits per heavy atom. The smallest absolute Gasteiger partial charge is 0.304 e. The van der Waals surface area contributed by atoms with Crippen molar-refractivity contribution in [3.05, 3.63) is 29.8 Å². The number of hydrogen-bond donors (Lipinski definition) is 1. The van der Waals surface area contributed by atoms with Crippen LogP contribution in [0.3, 0.4) is 0 Å². The van der Waals surface area contributed by atoms with Crippen LogP contribution in [0.4, 0.5) is 0 Å². The lowest BCUT2D eigenvalue weighted by Crippen LogP contribution is -2.44. The van der Waals surface area contributed by atoms with Gasteiger partial charge >= 0.3 is 5.97 Å². The van der Waals surface area contributed by atoms with E-state index in [1.807, 2.05) is 24.3 Å². The maximum Gasteiger partial charge on any atom is 0.304 e. The minimum absolute atomic E-state index is 0.127. The van der Waals surface area contributed by atoms with Crippen LogP contribution in [-0.2, 0) is 14.9 Å². The molecule has 0 unspecified atom stereocenters. The second-order valence-corrected chi connectivity index (χ2v) is 6.47. The minimum atomic E-state index is -0.722. The molecule has 108 valence electrons. The van der Waals surface area contributed by atoms with Gasteiger partial charge in [0.1, 0.15) is 5.75 Å². The zero-order valence-corrected chi connectivity index (χ0v) is 11.7. The zero-order chi connectivity index (χ0) is 14.2. The first-order valence-corrected chi connectivity index (χ1v) is 7.04. The third kappa shape index (κ3) is 2.66. The Bertz CT molecular complexity index is 498. The standard InChI is InChI=1S/C16H20O4/c1-15(9-19-10-15)11-20-13-4-2-12(3-5-13)16(6-7-16)8-14(17)18/h2-5H,6-11H2,1H3,(H,17,18). The molecule has 1 heterocycles. The zero-order valence-electron chi connectivity index (χ0n) is 11.7. The van der Waals surface area contributed by atoms with E-state index in [9.17, 15) is 4.79 Å². The van der Waals surface area contributed by atoms with E-state index in [2.05, 4.69) is 6.92 Å². The van der Waals surface area contributed by atoms with Crippen molar-refractivity contribution in [3.63, 3.8) is 0 Å². The Balaban J connectivity index is 1.61. The van der Waals surface area contributed by atoms with Gasteiger partial charge in [-0.25, -0.2) is 0 Å². The van der Waals surface area contributed by atoms with Crippen LogP contribution >= 0.6 is 0 Å². The lowest BCUT2D eigenvalue weighted by molar-refractivity contribution is -0.137. The summed E-state index contributed by atoms with van der Waals surface area (Å²) in [5, 5.41) is 8.98. The highest BCUT2D eigenvalue weighted by Crippen LogP contribution is 2.51. The predicted molar refractivity (Wildman–Crippen MR) is 74.0 cm³/mol. The molecule has 0 aromatic heterocycles. The van der Waals surface area contributed by atoms with Crippen molar-refractivity contribution < 1.29 is 19.4 Å². The molecule has 1 aliphatic carbocycles. The maximum atomic E-state index is 10.9. The van der Waals surface area contributed by atoms with E-state index in [-0.39, 0.29) is 17.3 Å². The van der Waals surface area contributed by atoms with Crippen LogP contribution in [0, 0.1) is 5.41 Å². The highest BCUT2D eigenvalue weighted by atomic mass is 16.5. The predicted octanol–water partition coefficient (Wildman–Crippen LogP) is 2.61. The van der Waals surface area contributed by atoms with Gasteiger partial charge in [0, 0.05) is 10.8 Å².